The molecule has 2 aromatic rings. The first-order valence-corrected chi connectivity index (χ1v) is 7.46. The maximum atomic E-state index is 5.86. The largest absolute Gasteiger partial charge is 0.368 e. The zero-order chi connectivity index (χ0) is 14.5. The van der Waals surface area contributed by atoms with Crippen molar-refractivity contribution in [1.29, 1.82) is 0 Å². The summed E-state index contributed by atoms with van der Waals surface area (Å²) in [5, 5.41) is 1.08. The van der Waals surface area contributed by atoms with E-state index in [0.717, 1.165) is 29.8 Å². The molecule has 0 atom stereocenters. The molecule has 1 aromatic heterocycles. The van der Waals surface area contributed by atoms with Crippen LogP contribution in [0.3, 0.4) is 0 Å². The summed E-state index contributed by atoms with van der Waals surface area (Å²) in [6.45, 7) is 8.60. The summed E-state index contributed by atoms with van der Waals surface area (Å²) in [6, 6.07) is 8.06. The molecule has 0 bridgehead atoms. The number of anilines is 2. The molecule has 1 heterocycles. The predicted molar refractivity (Wildman–Crippen MR) is 85.9 cm³/mol. The van der Waals surface area contributed by atoms with Crippen LogP contribution < -0.4 is 10.6 Å². The molecular weight excluding hydrogens is 248 g/mol. The molecule has 2 rings (SSSR count). The van der Waals surface area contributed by atoms with E-state index in [1.807, 2.05) is 18.2 Å². The smallest absolute Gasteiger partial charge is 0.222 e. The lowest BCUT2D eigenvalue weighted by Gasteiger charge is -2.27. The second-order valence-electron chi connectivity index (χ2n) is 5.14. The first kappa shape index (κ1) is 14.6. The summed E-state index contributed by atoms with van der Waals surface area (Å²) < 4.78 is 0. The number of nitrogens with two attached hydrogens (primary N) is 1. The molecule has 0 saturated heterocycles. The van der Waals surface area contributed by atoms with E-state index in [2.05, 4.69) is 41.7 Å². The minimum absolute atomic E-state index is 0.349. The molecule has 0 radical (unpaired) electrons. The number of rotatable bonds is 6. The number of aromatic nitrogens is 2. The Balaban J connectivity index is 2.43. The van der Waals surface area contributed by atoms with E-state index in [0.29, 0.717) is 11.9 Å². The molecule has 0 spiro atoms. The molecule has 108 valence electrons. The molecule has 4 heteroatoms. The van der Waals surface area contributed by atoms with Crippen molar-refractivity contribution < 1.29 is 0 Å². The van der Waals surface area contributed by atoms with E-state index in [4.69, 9.17) is 5.73 Å². The van der Waals surface area contributed by atoms with Crippen LogP contribution in [0, 0.1) is 5.92 Å². The van der Waals surface area contributed by atoms with Gasteiger partial charge in [-0.15, -0.1) is 0 Å². The van der Waals surface area contributed by atoms with Gasteiger partial charge in [-0.2, -0.15) is 4.98 Å². The molecule has 0 aliphatic rings. The van der Waals surface area contributed by atoms with Crippen LogP contribution in [-0.2, 0) is 0 Å². The predicted octanol–water partition coefficient (Wildman–Crippen LogP) is 3.47. The summed E-state index contributed by atoms with van der Waals surface area (Å²) in [5.74, 6) is 1.99. The molecule has 0 saturated carbocycles. The van der Waals surface area contributed by atoms with Crippen LogP contribution >= 0.6 is 0 Å². The van der Waals surface area contributed by atoms with Gasteiger partial charge in [0.25, 0.3) is 0 Å². The zero-order valence-corrected chi connectivity index (χ0v) is 12.6. The molecule has 1 aromatic carbocycles. The average Bonchev–Trinajstić information content (AvgIpc) is 2.48. The van der Waals surface area contributed by atoms with E-state index >= 15 is 0 Å². The van der Waals surface area contributed by atoms with Gasteiger partial charge in [-0.1, -0.05) is 38.8 Å². The van der Waals surface area contributed by atoms with Crippen LogP contribution in [0.5, 0.6) is 0 Å². The second kappa shape index (κ2) is 6.55. The number of hydrogen-bond donors (Lipinski definition) is 1. The van der Waals surface area contributed by atoms with E-state index in [-0.39, 0.29) is 0 Å². The summed E-state index contributed by atoms with van der Waals surface area (Å²) in [4.78, 5) is 11.1. The monoisotopic (exact) mass is 272 g/mol. The van der Waals surface area contributed by atoms with Gasteiger partial charge in [0.05, 0.1) is 5.52 Å². The Morgan fingerprint density at radius 1 is 1.10 bits per heavy atom. The van der Waals surface area contributed by atoms with Crippen molar-refractivity contribution in [2.24, 2.45) is 5.92 Å². The maximum absolute atomic E-state index is 5.86. The van der Waals surface area contributed by atoms with Gasteiger partial charge >= 0.3 is 0 Å². The van der Waals surface area contributed by atoms with Gasteiger partial charge in [0.2, 0.25) is 5.95 Å². The Morgan fingerprint density at radius 3 is 2.45 bits per heavy atom. The standard InChI is InChI=1S/C16H24N4/c1-4-12(5-2)11-20(6-3)15-13-9-7-8-10-14(13)18-16(17)19-15/h7-10,12H,4-6,11H2,1-3H3,(H2,17,18,19). The van der Waals surface area contributed by atoms with Crippen molar-refractivity contribution in [3.05, 3.63) is 24.3 Å². The van der Waals surface area contributed by atoms with Gasteiger partial charge in [0, 0.05) is 18.5 Å². The van der Waals surface area contributed by atoms with Crippen molar-refractivity contribution in [3.8, 4) is 0 Å². The minimum atomic E-state index is 0.349. The summed E-state index contributed by atoms with van der Waals surface area (Å²) >= 11 is 0. The van der Waals surface area contributed by atoms with E-state index in [1.54, 1.807) is 0 Å². The molecule has 2 N–H and O–H groups in total. The van der Waals surface area contributed by atoms with Gasteiger partial charge in [-0.25, -0.2) is 4.98 Å². The van der Waals surface area contributed by atoms with Crippen LogP contribution in [-0.4, -0.2) is 23.1 Å². The van der Waals surface area contributed by atoms with Crippen LogP contribution in [0.4, 0.5) is 11.8 Å². The van der Waals surface area contributed by atoms with E-state index in [9.17, 15) is 0 Å². The van der Waals surface area contributed by atoms with Crippen molar-refractivity contribution in [2.45, 2.75) is 33.6 Å². The molecule has 0 aliphatic carbocycles. The van der Waals surface area contributed by atoms with Gasteiger partial charge in [0.15, 0.2) is 0 Å². The Kier molecular flexibility index (Phi) is 4.77. The third-order valence-corrected chi connectivity index (χ3v) is 3.91. The Hall–Kier alpha value is -1.84. The number of nitrogen functional groups attached to an aromatic ring is 1. The van der Waals surface area contributed by atoms with Crippen molar-refractivity contribution in [2.75, 3.05) is 23.7 Å². The third-order valence-electron chi connectivity index (χ3n) is 3.91. The van der Waals surface area contributed by atoms with Gasteiger partial charge in [-0.3, -0.25) is 0 Å². The fraction of sp³-hybridized carbons (Fsp3) is 0.500. The Labute approximate surface area is 121 Å². The number of nitrogens with zero attached hydrogens (tertiary/aromatic N) is 3. The SMILES string of the molecule is CCC(CC)CN(CC)c1nc(N)nc2ccccc12. The normalized spacial score (nSPS) is 11.2. The Morgan fingerprint density at radius 2 is 1.80 bits per heavy atom. The molecule has 4 nitrogen and oxygen atoms in total. The maximum Gasteiger partial charge on any atom is 0.222 e. The molecule has 0 aliphatic heterocycles. The van der Waals surface area contributed by atoms with Crippen molar-refractivity contribution in [1.82, 2.24) is 9.97 Å². The lowest BCUT2D eigenvalue weighted by molar-refractivity contribution is 0.485. The number of benzene rings is 1. The molecule has 20 heavy (non-hydrogen) atoms. The highest BCUT2D eigenvalue weighted by atomic mass is 15.2. The van der Waals surface area contributed by atoms with Crippen molar-refractivity contribution >= 4 is 22.7 Å². The topological polar surface area (TPSA) is 55.0 Å². The molecule has 0 amide bonds. The van der Waals surface area contributed by atoms with Crippen LogP contribution in [0.1, 0.15) is 33.6 Å². The van der Waals surface area contributed by atoms with Crippen LogP contribution in [0.25, 0.3) is 10.9 Å². The fourth-order valence-electron chi connectivity index (χ4n) is 2.54. The van der Waals surface area contributed by atoms with Gasteiger partial charge < -0.3 is 10.6 Å². The minimum Gasteiger partial charge on any atom is -0.368 e. The van der Waals surface area contributed by atoms with Gasteiger partial charge in [-0.05, 0) is 25.0 Å². The summed E-state index contributed by atoms with van der Waals surface area (Å²) in [6.07, 6.45) is 2.37. The first-order chi connectivity index (χ1) is 9.69. The number of hydrogen-bond acceptors (Lipinski definition) is 4. The summed E-state index contributed by atoms with van der Waals surface area (Å²) in [5.41, 5.74) is 6.78. The summed E-state index contributed by atoms with van der Waals surface area (Å²) in [7, 11) is 0. The highest BCUT2D eigenvalue weighted by Crippen LogP contribution is 2.25. The van der Waals surface area contributed by atoms with Crippen LogP contribution in [0.2, 0.25) is 0 Å². The first-order valence-electron chi connectivity index (χ1n) is 7.46. The van der Waals surface area contributed by atoms with Crippen LogP contribution in [0.15, 0.2) is 24.3 Å². The molecule has 0 unspecified atom stereocenters. The lowest BCUT2D eigenvalue weighted by atomic mass is 10.0. The van der Waals surface area contributed by atoms with E-state index in [1.165, 1.54) is 12.8 Å². The molecular formula is C16H24N4. The third kappa shape index (κ3) is 3.00. The average molecular weight is 272 g/mol. The fourth-order valence-corrected chi connectivity index (χ4v) is 2.54. The van der Waals surface area contributed by atoms with Gasteiger partial charge in [0.1, 0.15) is 5.82 Å². The number of fused-ring (bicyclic) bond motifs is 1. The highest BCUT2D eigenvalue weighted by Gasteiger charge is 2.15. The lowest BCUT2D eigenvalue weighted by Crippen LogP contribution is -2.30. The zero-order valence-electron chi connectivity index (χ0n) is 12.6. The quantitative estimate of drug-likeness (QED) is 0.874. The van der Waals surface area contributed by atoms with E-state index < -0.39 is 0 Å². The second-order valence-corrected chi connectivity index (χ2v) is 5.14. The molecule has 0 fully saturated rings. The Bertz CT molecular complexity index is 563. The number of para-hydroxylation sites is 1. The highest BCUT2D eigenvalue weighted by molar-refractivity contribution is 5.90. The van der Waals surface area contributed by atoms with Crippen molar-refractivity contribution in [3.63, 3.8) is 0 Å².